The van der Waals surface area contributed by atoms with Crippen molar-refractivity contribution in [2.45, 2.75) is 0 Å². The predicted molar refractivity (Wildman–Crippen MR) is 175 cm³/mol. The number of benzene rings is 4. The van der Waals surface area contributed by atoms with Crippen LogP contribution in [0.3, 0.4) is 0 Å². The Labute approximate surface area is 249 Å². The van der Waals surface area contributed by atoms with Crippen molar-refractivity contribution in [2.24, 2.45) is 0 Å². The van der Waals surface area contributed by atoms with Gasteiger partial charge < -0.3 is 0 Å². The molecule has 0 atom stereocenters. The molecule has 0 aliphatic rings. The molecule has 6 aromatic heterocycles. The molecule has 0 aliphatic carbocycles. The number of hydrogen-bond donors (Lipinski definition) is 0. The summed E-state index contributed by atoms with van der Waals surface area (Å²) in [5, 5.41) is 4.00. The second-order valence-electron chi connectivity index (χ2n) is 10.4. The average molecular weight is 565 g/mol. The lowest BCUT2D eigenvalue weighted by Crippen LogP contribution is -1.93. The second-order valence-corrected chi connectivity index (χ2v) is 10.4. The van der Waals surface area contributed by atoms with E-state index in [0.29, 0.717) is 0 Å². The fourth-order valence-corrected chi connectivity index (χ4v) is 5.89. The topological polar surface area (TPSA) is 103 Å². The summed E-state index contributed by atoms with van der Waals surface area (Å²) in [5.41, 5.74) is 10.5. The van der Waals surface area contributed by atoms with E-state index in [4.69, 9.17) is 19.9 Å². The first-order chi connectivity index (χ1) is 21.8. The lowest BCUT2D eigenvalue weighted by atomic mass is 10.1. The molecule has 0 fully saturated rings. The monoisotopic (exact) mass is 564 g/mol. The maximum Gasteiger partial charge on any atom is 0.116 e. The van der Waals surface area contributed by atoms with Crippen LogP contribution in [0, 0.1) is 0 Å². The van der Waals surface area contributed by atoms with Crippen LogP contribution in [-0.4, -0.2) is 39.9 Å². The predicted octanol–water partition coefficient (Wildman–Crippen LogP) is 7.76. The van der Waals surface area contributed by atoms with Gasteiger partial charge >= 0.3 is 0 Å². The van der Waals surface area contributed by atoms with Gasteiger partial charge in [0.05, 0.1) is 49.7 Å². The smallest absolute Gasteiger partial charge is 0.116 e. The molecule has 8 nitrogen and oxygen atoms in total. The SMILES string of the molecule is c1ccc2nc3c4cccnc4c4ncccc4c3nc2c1.c1ccc2nc3c4ncccc4c4ncccc4c3nc2c1. The minimum atomic E-state index is 0.829. The normalized spacial score (nSPS) is 11.6. The number of aromatic nitrogens is 8. The van der Waals surface area contributed by atoms with Gasteiger partial charge in [-0.2, -0.15) is 0 Å². The minimum Gasteiger partial charge on any atom is -0.255 e. The maximum atomic E-state index is 4.83. The molecule has 0 radical (unpaired) electrons. The maximum absolute atomic E-state index is 4.83. The molecule has 4 aromatic carbocycles. The highest BCUT2D eigenvalue weighted by atomic mass is 14.8. The van der Waals surface area contributed by atoms with E-state index in [9.17, 15) is 0 Å². The van der Waals surface area contributed by atoms with Crippen molar-refractivity contribution in [1.29, 1.82) is 0 Å². The van der Waals surface area contributed by atoms with Crippen molar-refractivity contribution in [3.63, 3.8) is 0 Å². The molecule has 0 unspecified atom stereocenters. The van der Waals surface area contributed by atoms with Crippen LogP contribution in [0.5, 0.6) is 0 Å². The lowest BCUT2D eigenvalue weighted by molar-refractivity contribution is 1.36. The molecule has 0 N–H and O–H groups in total. The van der Waals surface area contributed by atoms with Crippen molar-refractivity contribution < 1.29 is 0 Å². The molecule has 0 saturated carbocycles. The third kappa shape index (κ3) is 3.71. The van der Waals surface area contributed by atoms with Crippen LogP contribution in [0.2, 0.25) is 0 Å². The summed E-state index contributed by atoms with van der Waals surface area (Å²) in [6.45, 7) is 0. The average Bonchev–Trinajstić information content (AvgIpc) is 3.11. The molecule has 44 heavy (non-hydrogen) atoms. The summed E-state index contributed by atoms with van der Waals surface area (Å²) in [4.78, 5) is 37.3. The first-order valence-corrected chi connectivity index (χ1v) is 14.2. The molecule has 0 bridgehead atoms. The van der Waals surface area contributed by atoms with Crippen molar-refractivity contribution in [1.82, 2.24) is 39.9 Å². The van der Waals surface area contributed by atoms with Gasteiger partial charge in [-0.1, -0.05) is 24.3 Å². The van der Waals surface area contributed by atoms with Crippen LogP contribution in [0.25, 0.3) is 87.7 Å². The van der Waals surface area contributed by atoms with E-state index in [1.54, 1.807) is 24.8 Å². The van der Waals surface area contributed by atoms with Crippen LogP contribution in [0.1, 0.15) is 0 Å². The standard InChI is InChI=1S/2C18H10N4/c1-2-8-14-13(7-1)21-17-12-6-4-9-19-15(12)11-5-3-10-20-16(11)18(17)22-14;1-2-8-14-13(7-1)21-17-11-5-3-9-19-15(11)16-12(18(17)22-14)6-4-10-20-16/h2*1-10H. The van der Waals surface area contributed by atoms with Gasteiger partial charge in [0.1, 0.15) is 16.6 Å². The van der Waals surface area contributed by atoms with Gasteiger partial charge in [-0.15, -0.1) is 0 Å². The van der Waals surface area contributed by atoms with Crippen molar-refractivity contribution in [3.05, 3.63) is 122 Å². The fourth-order valence-electron chi connectivity index (χ4n) is 5.89. The van der Waals surface area contributed by atoms with E-state index in [0.717, 1.165) is 87.7 Å². The van der Waals surface area contributed by atoms with E-state index in [1.165, 1.54) is 0 Å². The molecule has 0 aliphatic heterocycles. The quantitative estimate of drug-likeness (QED) is 0.136. The third-order valence-corrected chi connectivity index (χ3v) is 7.84. The van der Waals surface area contributed by atoms with Crippen LogP contribution >= 0.6 is 0 Å². The number of nitrogens with zero attached hydrogens (tertiary/aromatic N) is 8. The molecular formula is C36H20N8. The Bertz CT molecular complexity index is 2370. The van der Waals surface area contributed by atoms with E-state index in [1.807, 2.05) is 97.1 Å². The molecule has 0 amide bonds. The Morgan fingerprint density at radius 1 is 0.250 bits per heavy atom. The minimum absolute atomic E-state index is 0.829. The highest BCUT2D eigenvalue weighted by Gasteiger charge is 2.14. The van der Waals surface area contributed by atoms with Gasteiger partial charge in [-0.05, 0) is 72.8 Å². The van der Waals surface area contributed by atoms with Gasteiger partial charge in [0.25, 0.3) is 0 Å². The summed E-state index contributed by atoms with van der Waals surface area (Å²) >= 11 is 0. The summed E-state index contributed by atoms with van der Waals surface area (Å²) < 4.78 is 0. The number of pyridine rings is 4. The molecule has 8 heteroatoms. The van der Waals surface area contributed by atoms with E-state index < -0.39 is 0 Å². The Hall–Kier alpha value is -6.28. The zero-order valence-corrected chi connectivity index (χ0v) is 23.1. The fraction of sp³-hybridized carbons (Fsp3) is 0. The molecule has 10 aromatic rings. The van der Waals surface area contributed by atoms with Gasteiger partial charge in [0, 0.05) is 46.3 Å². The highest BCUT2D eigenvalue weighted by Crippen LogP contribution is 2.33. The summed E-state index contributed by atoms with van der Waals surface area (Å²) in [7, 11) is 0. The molecule has 204 valence electrons. The summed E-state index contributed by atoms with van der Waals surface area (Å²) in [6, 6.07) is 31.7. The number of fused-ring (bicyclic) bond motifs is 14. The largest absolute Gasteiger partial charge is 0.255 e. The van der Waals surface area contributed by atoms with Crippen LogP contribution in [0.4, 0.5) is 0 Å². The van der Waals surface area contributed by atoms with Crippen molar-refractivity contribution >= 4 is 87.7 Å². The van der Waals surface area contributed by atoms with E-state index in [-0.39, 0.29) is 0 Å². The molecule has 6 heterocycles. The number of hydrogen-bond acceptors (Lipinski definition) is 8. The Balaban J connectivity index is 0.000000123. The number of para-hydroxylation sites is 4. The molecule has 0 saturated heterocycles. The first kappa shape index (κ1) is 24.3. The first-order valence-electron chi connectivity index (χ1n) is 14.2. The highest BCUT2D eigenvalue weighted by molar-refractivity contribution is 6.22. The molecular weight excluding hydrogens is 544 g/mol. The number of rotatable bonds is 0. The third-order valence-electron chi connectivity index (χ3n) is 7.84. The zero-order valence-electron chi connectivity index (χ0n) is 23.1. The Morgan fingerprint density at radius 3 is 0.977 bits per heavy atom. The summed E-state index contributed by atoms with van der Waals surface area (Å²) in [5.74, 6) is 0. The van der Waals surface area contributed by atoms with Crippen molar-refractivity contribution in [3.8, 4) is 0 Å². The van der Waals surface area contributed by atoms with Crippen LogP contribution in [0.15, 0.2) is 122 Å². The van der Waals surface area contributed by atoms with E-state index in [2.05, 4.69) is 19.9 Å². The Kier molecular flexibility index (Phi) is 5.33. The zero-order chi connectivity index (χ0) is 29.0. The molecule has 0 spiro atoms. The van der Waals surface area contributed by atoms with Gasteiger partial charge in [-0.25, -0.2) is 19.9 Å². The van der Waals surface area contributed by atoms with Crippen molar-refractivity contribution in [2.75, 3.05) is 0 Å². The second kappa shape index (κ2) is 9.64. The lowest BCUT2D eigenvalue weighted by Gasteiger charge is -2.08. The van der Waals surface area contributed by atoms with Gasteiger partial charge in [0.2, 0.25) is 0 Å². The van der Waals surface area contributed by atoms with Gasteiger partial charge in [-0.3, -0.25) is 19.9 Å². The molecule has 10 rings (SSSR count). The Morgan fingerprint density at radius 2 is 0.545 bits per heavy atom. The van der Waals surface area contributed by atoms with Crippen LogP contribution in [-0.2, 0) is 0 Å². The van der Waals surface area contributed by atoms with Gasteiger partial charge in [0.15, 0.2) is 0 Å². The van der Waals surface area contributed by atoms with E-state index >= 15 is 0 Å². The van der Waals surface area contributed by atoms with Crippen LogP contribution < -0.4 is 0 Å². The summed E-state index contributed by atoms with van der Waals surface area (Å²) in [6.07, 6.45) is 7.16.